The van der Waals surface area contributed by atoms with E-state index in [-0.39, 0.29) is 5.91 Å². The Morgan fingerprint density at radius 1 is 1.29 bits per heavy atom. The summed E-state index contributed by atoms with van der Waals surface area (Å²) >= 11 is 5.96. The van der Waals surface area contributed by atoms with Crippen LogP contribution in [0.25, 0.3) is 0 Å². The zero-order chi connectivity index (χ0) is 12.3. The minimum atomic E-state index is 0.174. The van der Waals surface area contributed by atoms with E-state index in [4.69, 9.17) is 11.6 Å². The Kier molecular flexibility index (Phi) is 4.02. The maximum Gasteiger partial charge on any atom is 0.219 e. The van der Waals surface area contributed by atoms with Gasteiger partial charge in [0.1, 0.15) is 0 Å². The maximum atomic E-state index is 11.2. The molecule has 0 atom stereocenters. The van der Waals surface area contributed by atoms with Gasteiger partial charge < -0.3 is 4.90 Å². The van der Waals surface area contributed by atoms with E-state index in [1.165, 1.54) is 5.56 Å². The summed E-state index contributed by atoms with van der Waals surface area (Å²) in [6.07, 6.45) is 0. The second-order valence-corrected chi connectivity index (χ2v) is 4.85. The number of benzene rings is 1. The van der Waals surface area contributed by atoms with E-state index in [9.17, 15) is 4.79 Å². The Balaban J connectivity index is 1.88. The lowest BCUT2D eigenvalue weighted by Crippen LogP contribution is -2.47. The number of piperazine rings is 1. The quantitative estimate of drug-likeness (QED) is 0.804. The van der Waals surface area contributed by atoms with Gasteiger partial charge in [0.15, 0.2) is 0 Å². The van der Waals surface area contributed by atoms with Crippen LogP contribution in [0.3, 0.4) is 0 Å². The van der Waals surface area contributed by atoms with E-state index >= 15 is 0 Å². The molecular formula is C13H17ClN2O. The lowest BCUT2D eigenvalue weighted by atomic mass is 10.2. The third-order valence-electron chi connectivity index (χ3n) is 3.11. The molecular weight excluding hydrogens is 236 g/mol. The molecule has 0 aromatic heterocycles. The van der Waals surface area contributed by atoms with E-state index in [2.05, 4.69) is 11.0 Å². The smallest absolute Gasteiger partial charge is 0.219 e. The fraction of sp³-hybridized carbons (Fsp3) is 0.462. The molecule has 1 aromatic rings. The molecule has 2 rings (SSSR count). The highest BCUT2D eigenvalue weighted by molar-refractivity contribution is 6.30. The molecule has 1 aromatic carbocycles. The van der Waals surface area contributed by atoms with Crippen molar-refractivity contribution >= 4 is 17.5 Å². The van der Waals surface area contributed by atoms with Crippen LogP contribution in [0.4, 0.5) is 0 Å². The Hall–Kier alpha value is -1.06. The number of hydrogen-bond donors (Lipinski definition) is 0. The van der Waals surface area contributed by atoms with Gasteiger partial charge in [-0.1, -0.05) is 23.7 Å². The number of hydrogen-bond acceptors (Lipinski definition) is 2. The molecule has 92 valence electrons. The summed E-state index contributed by atoms with van der Waals surface area (Å²) in [5.41, 5.74) is 1.23. The summed E-state index contributed by atoms with van der Waals surface area (Å²) in [5, 5.41) is 0.782. The van der Waals surface area contributed by atoms with Gasteiger partial charge in [-0.15, -0.1) is 0 Å². The molecule has 0 aliphatic carbocycles. The lowest BCUT2D eigenvalue weighted by molar-refractivity contribution is -0.130. The van der Waals surface area contributed by atoms with Gasteiger partial charge in [-0.05, 0) is 17.7 Å². The normalized spacial score (nSPS) is 17.2. The molecule has 0 radical (unpaired) electrons. The predicted octanol–water partition coefficient (Wildman–Crippen LogP) is 2.00. The SMILES string of the molecule is CC(=O)N1CCN(Cc2cccc(Cl)c2)CC1. The molecule has 3 nitrogen and oxygen atoms in total. The average molecular weight is 253 g/mol. The molecule has 0 N–H and O–H groups in total. The van der Waals surface area contributed by atoms with Crippen LogP contribution in [0.15, 0.2) is 24.3 Å². The fourth-order valence-corrected chi connectivity index (χ4v) is 2.33. The van der Waals surface area contributed by atoms with Crippen molar-refractivity contribution in [2.45, 2.75) is 13.5 Å². The molecule has 1 amide bonds. The zero-order valence-electron chi connectivity index (χ0n) is 10.0. The number of halogens is 1. The van der Waals surface area contributed by atoms with Crippen molar-refractivity contribution in [3.63, 3.8) is 0 Å². The Morgan fingerprint density at radius 3 is 2.59 bits per heavy atom. The van der Waals surface area contributed by atoms with Crippen molar-refractivity contribution < 1.29 is 4.79 Å². The molecule has 1 aliphatic rings. The number of nitrogens with zero attached hydrogens (tertiary/aromatic N) is 2. The molecule has 0 spiro atoms. The van der Waals surface area contributed by atoms with Gasteiger partial charge in [0.05, 0.1) is 0 Å². The lowest BCUT2D eigenvalue weighted by Gasteiger charge is -2.34. The van der Waals surface area contributed by atoms with Crippen LogP contribution in [0, 0.1) is 0 Å². The van der Waals surface area contributed by atoms with Crippen molar-refractivity contribution in [1.29, 1.82) is 0 Å². The van der Waals surface area contributed by atoms with Crippen molar-refractivity contribution in [1.82, 2.24) is 9.80 Å². The van der Waals surface area contributed by atoms with Crippen LogP contribution in [-0.2, 0) is 11.3 Å². The topological polar surface area (TPSA) is 23.6 Å². The largest absolute Gasteiger partial charge is 0.340 e. The first-order valence-corrected chi connectivity index (χ1v) is 6.25. The Labute approximate surface area is 107 Å². The highest BCUT2D eigenvalue weighted by Crippen LogP contribution is 2.13. The van der Waals surface area contributed by atoms with Gasteiger partial charge >= 0.3 is 0 Å². The highest BCUT2D eigenvalue weighted by atomic mass is 35.5. The van der Waals surface area contributed by atoms with Crippen LogP contribution in [-0.4, -0.2) is 41.9 Å². The molecule has 17 heavy (non-hydrogen) atoms. The maximum absolute atomic E-state index is 11.2. The summed E-state index contributed by atoms with van der Waals surface area (Å²) < 4.78 is 0. The first-order chi connectivity index (χ1) is 8.15. The van der Waals surface area contributed by atoms with Gasteiger partial charge in [0, 0.05) is 44.7 Å². The molecule has 0 unspecified atom stereocenters. The zero-order valence-corrected chi connectivity index (χ0v) is 10.8. The van der Waals surface area contributed by atoms with Crippen molar-refractivity contribution in [2.24, 2.45) is 0 Å². The Bertz CT molecular complexity index is 400. The van der Waals surface area contributed by atoms with Crippen LogP contribution in [0.2, 0.25) is 5.02 Å². The summed E-state index contributed by atoms with van der Waals surface area (Å²) in [4.78, 5) is 15.4. The second-order valence-electron chi connectivity index (χ2n) is 4.41. The van der Waals surface area contributed by atoms with Crippen LogP contribution >= 0.6 is 11.6 Å². The average Bonchev–Trinajstić information content (AvgIpc) is 2.29. The molecule has 1 aliphatic heterocycles. The molecule has 0 bridgehead atoms. The number of carbonyl (C=O) groups excluding carboxylic acids is 1. The van der Waals surface area contributed by atoms with Gasteiger partial charge in [-0.25, -0.2) is 0 Å². The standard InChI is InChI=1S/C13H17ClN2O/c1-11(17)16-7-5-15(6-8-16)10-12-3-2-4-13(14)9-12/h2-4,9H,5-8,10H2,1H3. The first kappa shape index (κ1) is 12.4. The number of carbonyl (C=O) groups is 1. The van der Waals surface area contributed by atoms with Crippen molar-refractivity contribution in [2.75, 3.05) is 26.2 Å². The molecule has 1 saturated heterocycles. The highest BCUT2D eigenvalue weighted by Gasteiger charge is 2.18. The molecule has 1 fully saturated rings. The summed E-state index contributed by atoms with van der Waals surface area (Å²) in [5.74, 6) is 0.174. The summed E-state index contributed by atoms with van der Waals surface area (Å²) in [7, 11) is 0. The number of rotatable bonds is 2. The third-order valence-corrected chi connectivity index (χ3v) is 3.35. The molecule has 0 saturated carbocycles. The molecule has 4 heteroatoms. The van der Waals surface area contributed by atoms with Gasteiger partial charge in [0.2, 0.25) is 5.91 Å². The fourth-order valence-electron chi connectivity index (χ4n) is 2.11. The minimum Gasteiger partial charge on any atom is -0.340 e. The first-order valence-electron chi connectivity index (χ1n) is 5.87. The summed E-state index contributed by atoms with van der Waals surface area (Å²) in [6.45, 7) is 6.07. The van der Waals surface area contributed by atoms with Gasteiger partial charge in [-0.2, -0.15) is 0 Å². The van der Waals surface area contributed by atoms with Crippen molar-refractivity contribution in [3.05, 3.63) is 34.9 Å². The van der Waals surface area contributed by atoms with Crippen LogP contribution in [0.1, 0.15) is 12.5 Å². The van der Waals surface area contributed by atoms with E-state index in [1.54, 1.807) is 6.92 Å². The monoisotopic (exact) mass is 252 g/mol. The number of amides is 1. The van der Waals surface area contributed by atoms with E-state index in [1.807, 2.05) is 23.1 Å². The van der Waals surface area contributed by atoms with E-state index in [0.717, 1.165) is 37.7 Å². The van der Waals surface area contributed by atoms with E-state index < -0.39 is 0 Å². The predicted molar refractivity (Wildman–Crippen MR) is 69.0 cm³/mol. The second kappa shape index (κ2) is 5.52. The van der Waals surface area contributed by atoms with Crippen LogP contribution in [0.5, 0.6) is 0 Å². The Morgan fingerprint density at radius 2 is 2.00 bits per heavy atom. The van der Waals surface area contributed by atoms with E-state index in [0.29, 0.717) is 0 Å². The van der Waals surface area contributed by atoms with Crippen molar-refractivity contribution in [3.8, 4) is 0 Å². The van der Waals surface area contributed by atoms with Crippen LogP contribution < -0.4 is 0 Å². The summed E-state index contributed by atoms with van der Waals surface area (Å²) in [6, 6.07) is 7.95. The van der Waals surface area contributed by atoms with Gasteiger partial charge in [0.25, 0.3) is 0 Å². The molecule has 1 heterocycles. The van der Waals surface area contributed by atoms with Gasteiger partial charge in [-0.3, -0.25) is 9.69 Å². The third kappa shape index (κ3) is 3.45. The minimum absolute atomic E-state index is 0.174.